The molecule has 1 fully saturated rings. The number of carbonyl (C=O) groups is 2. The van der Waals surface area contributed by atoms with E-state index in [2.05, 4.69) is 10.2 Å². The number of nitrogens with one attached hydrogen (secondary N) is 1. The van der Waals surface area contributed by atoms with E-state index in [0.29, 0.717) is 13.1 Å². The number of hydrogen-bond acceptors (Lipinski definition) is 4. The molecule has 1 aliphatic heterocycles. The van der Waals surface area contributed by atoms with Crippen molar-refractivity contribution >= 4 is 24.2 Å². The highest BCUT2D eigenvalue weighted by atomic mass is 35.5. The lowest BCUT2D eigenvalue weighted by Gasteiger charge is -2.31. The molecule has 0 unspecified atom stereocenters. The normalized spacial score (nSPS) is 19.1. The van der Waals surface area contributed by atoms with Crippen molar-refractivity contribution in [3.05, 3.63) is 0 Å². The van der Waals surface area contributed by atoms with Crippen molar-refractivity contribution < 1.29 is 9.59 Å². The van der Waals surface area contributed by atoms with Gasteiger partial charge in [-0.3, -0.25) is 14.5 Å². The van der Waals surface area contributed by atoms with Gasteiger partial charge in [-0.2, -0.15) is 0 Å². The number of likely N-dealkylation sites (tertiary alicyclic amines) is 1. The molecule has 1 saturated heterocycles. The number of hydrogen-bond donors (Lipinski definition) is 2. The molecular formula is C13H27ClN4O2. The van der Waals surface area contributed by atoms with E-state index >= 15 is 0 Å². The minimum Gasteiger partial charge on any atom is -0.355 e. The number of nitrogens with zero attached hydrogens (tertiary/aromatic N) is 2. The zero-order valence-corrected chi connectivity index (χ0v) is 13.2. The van der Waals surface area contributed by atoms with Gasteiger partial charge in [0.25, 0.3) is 0 Å². The summed E-state index contributed by atoms with van der Waals surface area (Å²) < 4.78 is 0. The number of nitrogens with two attached hydrogens (primary N) is 1. The molecule has 1 rings (SSSR count). The molecule has 0 aliphatic carbocycles. The fraction of sp³-hybridized carbons (Fsp3) is 0.846. The predicted octanol–water partition coefficient (Wildman–Crippen LogP) is -0.184. The first-order valence-corrected chi connectivity index (χ1v) is 7.01. The quantitative estimate of drug-likeness (QED) is 0.713. The minimum atomic E-state index is -0.104. The Morgan fingerprint density at radius 2 is 2.15 bits per heavy atom. The Morgan fingerprint density at radius 3 is 2.75 bits per heavy atom. The number of piperidine rings is 1. The second-order valence-corrected chi connectivity index (χ2v) is 5.24. The zero-order valence-electron chi connectivity index (χ0n) is 12.4. The molecule has 2 amide bonds. The molecule has 0 aromatic heterocycles. The smallest absolute Gasteiger partial charge is 0.239 e. The first kappa shape index (κ1) is 19.1. The van der Waals surface area contributed by atoms with Crippen LogP contribution < -0.4 is 11.1 Å². The topological polar surface area (TPSA) is 78.7 Å². The van der Waals surface area contributed by atoms with E-state index in [1.54, 1.807) is 7.05 Å². The lowest BCUT2D eigenvalue weighted by molar-refractivity contribution is -0.135. The number of halogens is 1. The number of carbonyl (C=O) groups excluding carboxylic acids is 2. The second kappa shape index (κ2) is 9.96. The SMILES string of the molecule is CCCNC(=O)CN(C)C(=O)CN1CCC[C@@H](N)C1.Cl. The first-order valence-electron chi connectivity index (χ1n) is 7.01. The fourth-order valence-electron chi connectivity index (χ4n) is 2.17. The van der Waals surface area contributed by atoms with E-state index < -0.39 is 0 Å². The van der Waals surface area contributed by atoms with Crippen molar-refractivity contribution in [2.24, 2.45) is 5.73 Å². The molecular weight excluding hydrogens is 280 g/mol. The van der Waals surface area contributed by atoms with Crippen LogP contribution in [0.1, 0.15) is 26.2 Å². The van der Waals surface area contributed by atoms with Gasteiger partial charge in [-0.25, -0.2) is 0 Å². The van der Waals surface area contributed by atoms with Crippen molar-refractivity contribution in [2.45, 2.75) is 32.2 Å². The molecule has 7 heteroatoms. The fourth-order valence-corrected chi connectivity index (χ4v) is 2.17. The minimum absolute atomic E-state index is 0. The summed E-state index contributed by atoms with van der Waals surface area (Å²) in [5, 5.41) is 2.76. The highest BCUT2D eigenvalue weighted by Crippen LogP contribution is 2.07. The standard InChI is InChI=1S/C13H26N4O2.ClH/c1-3-6-15-12(18)9-16(2)13(19)10-17-7-4-5-11(14)8-17;/h11H,3-10,14H2,1-2H3,(H,15,18);1H/t11-;/m1./s1. The van der Waals surface area contributed by atoms with Gasteiger partial charge in [-0.05, 0) is 25.8 Å². The van der Waals surface area contributed by atoms with Crippen LogP contribution in [0.15, 0.2) is 0 Å². The molecule has 20 heavy (non-hydrogen) atoms. The molecule has 1 aliphatic rings. The van der Waals surface area contributed by atoms with E-state index in [1.807, 2.05) is 6.92 Å². The van der Waals surface area contributed by atoms with Gasteiger partial charge in [0.2, 0.25) is 11.8 Å². The Morgan fingerprint density at radius 1 is 1.45 bits per heavy atom. The summed E-state index contributed by atoms with van der Waals surface area (Å²) in [4.78, 5) is 27.1. The summed E-state index contributed by atoms with van der Waals surface area (Å²) in [5.41, 5.74) is 5.88. The summed E-state index contributed by atoms with van der Waals surface area (Å²) in [7, 11) is 1.66. The molecule has 3 N–H and O–H groups in total. The van der Waals surface area contributed by atoms with E-state index in [9.17, 15) is 9.59 Å². The van der Waals surface area contributed by atoms with Crippen LogP contribution in [-0.2, 0) is 9.59 Å². The molecule has 0 aromatic rings. The molecule has 0 aromatic carbocycles. The van der Waals surface area contributed by atoms with Gasteiger partial charge in [0.05, 0.1) is 13.1 Å². The zero-order chi connectivity index (χ0) is 14.3. The van der Waals surface area contributed by atoms with E-state index in [-0.39, 0.29) is 36.8 Å². The first-order chi connectivity index (χ1) is 9.02. The maximum absolute atomic E-state index is 12.0. The van der Waals surface area contributed by atoms with Crippen LogP contribution in [0.5, 0.6) is 0 Å². The van der Waals surface area contributed by atoms with Crippen LogP contribution >= 0.6 is 12.4 Å². The molecule has 6 nitrogen and oxygen atoms in total. The van der Waals surface area contributed by atoms with Gasteiger partial charge >= 0.3 is 0 Å². The van der Waals surface area contributed by atoms with Crippen molar-refractivity contribution in [1.29, 1.82) is 0 Å². The molecule has 0 radical (unpaired) electrons. The third-order valence-corrected chi connectivity index (χ3v) is 3.28. The van der Waals surface area contributed by atoms with Crippen molar-refractivity contribution in [3.63, 3.8) is 0 Å². The summed E-state index contributed by atoms with van der Waals surface area (Å²) in [6, 6.07) is 0.166. The second-order valence-electron chi connectivity index (χ2n) is 5.24. The number of rotatable bonds is 6. The highest BCUT2D eigenvalue weighted by Gasteiger charge is 2.21. The van der Waals surface area contributed by atoms with Gasteiger partial charge in [0, 0.05) is 26.2 Å². The van der Waals surface area contributed by atoms with Gasteiger partial charge in [0.1, 0.15) is 0 Å². The maximum atomic E-state index is 12.0. The van der Waals surface area contributed by atoms with Crippen LogP contribution in [0.4, 0.5) is 0 Å². The largest absolute Gasteiger partial charge is 0.355 e. The molecule has 0 spiro atoms. The average molecular weight is 307 g/mol. The van der Waals surface area contributed by atoms with Gasteiger partial charge in [-0.1, -0.05) is 6.92 Å². The lowest BCUT2D eigenvalue weighted by Crippen LogP contribution is -2.48. The van der Waals surface area contributed by atoms with Gasteiger partial charge in [0.15, 0.2) is 0 Å². The summed E-state index contributed by atoms with van der Waals surface area (Å²) >= 11 is 0. The van der Waals surface area contributed by atoms with Crippen molar-refractivity contribution in [1.82, 2.24) is 15.1 Å². The molecule has 0 saturated carbocycles. The maximum Gasteiger partial charge on any atom is 0.239 e. The third-order valence-electron chi connectivity index (χ3n) is 3.28. The molecule has 1 atom stereocenters. The van der Waals surface area contributed by atoms with Gasteiger partial charge < -0.3 is 16.0 Å². The Balaban J connectivity index is 0.00000361. The number of likely N-dealkylation sites (N-methyl/N-ethyl adjacent to an activating group) is 1. The lowest BCUT2D eigenvalue weighted by atomic mass is 10.1. The van der Waals surface area contributed by atoms with Crippen LogP contribution in [-0.4, -0.2) is 67.4 Å². The van der Waals surface area contributed by atoms with E-state index in [0.717, 1.165) is 32.4 Å². The average Bonchev–Trinajstić information content (AvgIpc) is 2.36. The molecule has 118 valence electrons. The third kappa shape index (κ3) is 7.07. The van der Waals surface area contributed by atoms with Gasteiger partial charge in [-0.15, -0.1) is 12.4 Å². The Kier molecular flexibility index (Phi) is 9.54. The summed E-state index contributed by atoms with van der Waals surface area (Å²) in [6.45, 7) is 4.80. The van der Waals surface area contributed by atoms with E-state index in [1.165, 1.54) is 4.90 Å². The van der Waals surface area contributed by atoms with Crippen LogP contribution in [0.2, 0.25) is 0 Å². The number of amides is 2. The van der Waals surface area contributed by atoms with Crippen molar-refractivity contribution in [3.8, 4) is 0 Å². The Hall–Kier alpha value is -0.850. The van der Waals surface area contributed by atoms with Crippen LogP contribution in [0.25, 0.3) is 0 Å². The molecule has 1 heterocycles. The van der Waals surface area contributed by atoms with Crippen LogP contribution in [0, 0.1) is 0 Å². The van der Waals surface area contributed by atoms with E-state index in [4.69, 9.17) is 5.73 Å². The summed E-state index contributed by atoms with van der Waals surface area (Å²) in [6.07, 6.45) is 2.96. The Labute approximate surface area is 127 Å². The highest BCUT2D eigenvalue weighted by molar-refractivity contribution is 5.85. The van der Waals surface area contributed by atoms with Crippen LogP contribution in [0.3, 0.4) is 0 Å². The Bertz CT molecular complexity index is 315. The monoisotopic (exact) mass is 306 g/mol. The van der Waals surface area contributed by atoms with Crippen molar-refractivity contribution in [2.75, 3.05) is 39.8 Å². The predicted molar refractivity (Wildman–Crippen MR) is 81.8 cm³/mol. The molecule has 0 bridgehead atoms. The summed E-state index contributed by atoms with van der Waals surface area (Å²) in [5.74, 6) is -0.131.